The van der Waals surface area contributed by atoms with Gasteiger partial charge in [-0.25, -0.2) is 15.0 Å². The van der Waals surface area contributed by atoms with E-state index in [0.717, 1.165) is 19.1 Å². The van der Waals surface area contributed by atoms with E-state index in [1.807, 2.05) is 25.5 Å². The first-order chi connectivity index (χ1) is 15.5. The fourth-order valence-corrected chi connectivity index (χ4v) is 5.52. The Morgan fingerprint density at radius 2 is 2.06 bits per heavy atom. The van der Waals surface area contributed by atoms with Gasteiger partial charge >= 0.3 is 0 Å². The Bertz CT molecular complexity index is 1150. The predicted octanol–water partition coefficient (Wildman–Crippen LogP) is 0.298. The Balaban J connectivity index is 1.31. The minimum atomic E-state index is -3.41. The standard InChI is InChI=1S/C20H30N6O6S/c1-19(2)31-16-14(7-25(3)13-5-12(6-13)8-30-33(4,27)28)29-9-20(16,32-19)26-11-24-15-17(21)22-10-23-18(15)26/h10-14,16H,5-9H2,1-4H3,(H2,21,22,23)/t12?,13?,14-,16-,20-/m1/s1. The van der Waals surface area contributed by atoms with Crippen LogP contribution in [0, 0.1) is 5.92 Å². The second-order valence-electron chi connectivity index (χ2n) is 9.70. The summed E-state index contributed by atoms with van der Waals surface area (Å²) in [6.45, 7) is 4.92. The molecule has 0 spiro atoms. The van der Waals surface area contributed by atoms with Crippen LogP contribution in [0.4, 0.5) is 5.82 Å². The zero-order valence-corrected chi connectivity index (χ0v) is 20.0. The number of hydrogen-bond acceptors (Lipinski definition) is 11. The van der Waals surface area contributed by atoms with Gasteiger partial charge in [-0.05, 0) is 39.7 Å². The summed E-state index contributed by atoms with van der Waals surface area (Å²) < 4.78 is 48.2. The highest BCUT2D eigenvalue weighted by molar-refractivity contribution is 7.85. The summed E-state index contributed by atoms with van der Waals surface area (Å²) in [5.41, 5.74) is 6.14. The molecule has 2 saturated heterocycles. The van der Waals surface area contributed by atoms with Crippen LogP contribution < -0.4 is 5.73 Å². The van der Waals surface area contributed by atoms with Gasteiger partial charge in [0.1, 0.15) is 24.1 Å². The molecule has 1 saturated carbocycles. The lowest BCUT2D eigenvalue weighted by molar-refractivity contribution is -0.205. The number of nitrogens with two attached hydrogens (primary N) is 1. The molecule has 1 aliphatic carbocycles. The van der Waals surface area contributed by atoms with Crippen LogP contribution in [0.25, 0.3) is 11.2 Å². The number of likely N-dealkylation sites (N-methyl/N-ethyl adjacent to an activating group) is 1. The average Bonchev–Trinajstić information content (AvgIpc) is 3.31. The van der Waals surface area contributed by atoms with Gasteiger partial charge in [-0.15, -0.1) is 0 Å². The Morgan fingerprint density at radius 3 is 2.79 bits per heavy atom. The van der Waals surface area contributed by atoms with Crippen molar-refractivity contribution in [2.45, 2.75) is 56.5 Å². The molecule has 2 aromatic heterocycles. The Morgan fingerprint density at radius 1 is 1.30 bits per heavy atom. The second-order valence-corrected chi connectivity index (χ2v) is 11.3. The highest BCUT2D eigenvalue weighted by Gasteiger charge is 2.63. The van der Waals surface area contributed by atoms with Gasteiger partial charge < -0.3 is 24.8 Å². The molecule has 0 radical (unpaired) electrons. The SMILES string of the molecule is CN(C[C@H]1OC[C@@]2(n3cnc4c(N)ncnc43)OC(C)(C)O[C@H]12)C1CC(COS(C)(=O)=O)C1. The number of aromatic nitrogens is 4. The maximum atomic E-state index is 11.2. The van der Waals surface area contributed by atoms with Crippen LogP contribution in [-0.4, -0.2) is 89.9 Å². The number of anilines is 1. The lowest BCUT2D eigenvalue weighted by Crippen LogP contribution is -2.50. The number of ether oxygens (including phenoxy) is 3. The molecule has 0 unspecified atom stereocenters. The summed E-state index contributed by atoms with van der Waals surface area (Å²) in [6, 6.07) is 0.328. The van der Waals surface area contributed by atoms with E-state index in [1.165, 1.54) is 6.33 Å². The molecule has 13 heteroatoms. The van der Waals surface area contributed by atoms with E-state index in [2.05, 4.69) is 19.9 Å². The Hall–Kier alpha value is -1.90. The zero-order valence-electron chi connectivity index (χ0n) is 19.2. The quantitative estimate of drug-likeness (QED) is 0.544. The van der Waals surface area contributed by atoms with Crippen LogP contribution in [0.5, 0.6) is 0 Å². The molecular formula is C20H30N6O6S. The molecular weight excluding hydrogens is 452 g/mol. The molecule has 0 amide bonds. The molecule has 2 aromatic rings. The van der Waals surface area contributed by atoms with Crippen molar-refractivity contribution in [2.75, 3.05) is 38.8 Å². The summed E-state index contributed by atoms with van der Waals surface area (Å²) in [4.78, 5) is 15.0. The monoisotopic (exact) mass is 482 g/mol. The summed E-state index contributed by atoms with van der Waals surface area (Å²) >= 11 is 0. The first-order valence-corrected chi connectivity index (χ1v) is 12.8. The molecule has 12 nitrogen and oxygen atoms in total. The van der Waals surface area contributed by atoms with Crippen molar-refractivity contribution in [3.05, 3.63) is 12.7 Å². The topological polar surface area (TPSA) is 144 Å². The van der Waals surface area contributed by atoms with Gasteiger partial charge in [0.25, 0.3) is 10.1 Å². The number of fused-ring (bicyclic) bond motifs is 2. The van der Waals surface area contributed by atoms with Gasteiger partial charge in [-0.3, -0.25) is 8.75 Å². The van der Waals surface area contributed by atoms with Crippen LogP contribution in [-0.2, 0) is 34.2 Å². The molecule has 2 N–H and O–H groups in total. The maximum absolute atomic E-state index is 11.2. The van der Waals surface area contributed by atoms with Gasteiger partial charge in [-0.2, -0.15) is 8.42 Å². The number of nitrogen functional groups attached to an aromatic ring is 1. The molecule has 0 aromatic carbocycles. The van der Waals surface area contributed by atoms with Crippen LogP contribution in [0.2, 0.25) is 0 Å². The third kappa shape index (κ3) is 4.10. The summed E-state index contributed by atoms with van der Waals surface area (Å²) in [7, 11) is -1.36. The highest BCUT2D eigenvalue weighted by atomic mass is 32.2. The lowest BCUT2D eigenvalue weighted by atomic mass is 9.80. The Kier molecular flexibility index (Phi) is 5.42. The van der Waals surface area contributed by atoms with Gasteiger partial charge in [-0.1, -0.05) is 0 Å². The number of nitrogens with zero attached hydrogens (tertiary/aromatic N) is 5. The number of hydrogen-bond donors (Lipinski definition) is 1. The molecule has 0 bridgehead atoms. The summed E-state index contributed by atoms with van der Waals surface area (Å²) in [5, 5.41) is 0. The van der Waals surface area contributed by atoms with E-state index < -0.39 is 21.6 Å². The molecule has 4 heterocycles. The molecule has 3 aliphatic rings. The molecule has 2 aliphatic heterocycles. The fraction of sp³-hybridized carbons (Fsp3) is 0.750. The third-order valence-corrected chi connectivity index (χ3v) is 7.27. The van der Waals surface area contributed by atoms with Crippen molar-refractivity contribution in [2.24, 2.45) is 5.92 Å². The van der Waals surface area contributed by atoms with E-state index >= 15 is 0 Å². The number of rotatable bonds is 7. The average molecular weight is 483 g/mol. The summed E-state index contributed by atoms with van der Waals surface area (Å²) in [5.74, 6) is -0.270. The van der Waals surface area contributed by atoms with Crippen molar-refractivity contribution in [3.8, 4) is 0 Å². The lowest BCUT2D eigenvalue weighted by Gasteiger charge is -2.42. The fourth-order valence-electron chi connectivity index (χ4n) is 5.08. The van der Waals surface area contributed by atoms with Gasteiger partial charge in [0.2, 0.25) is 5.72 Å². The van der Waals surface area contributed by atoms with Gasteiger partial charge in [0, 0.05) is 12.6 Å². The first-order valence-electron chi connectivity index (χ1n) is 11.0. The highest BCUT2D eigenvalue weighted by Crippen LogP contribution is 2.48. The second kappa shape index (κ2) is 7.82. The largest absolute Gasteiger partial charge is 0.382 e. The van der Waals surface area contributed by atoms with Crippen molar-refractivity contribution in [1.29, 1.82) is 0 Å². The first kappa shape index (κ1) is 22.9. The van der Waals surface area contributed by atoms with Crippen molar-refractivity contribution in [1.82, 2.24) is 24.4 Å². The van der Waals surface area contributed by atoms with Crippen molar-refractivity contribution >= 4 is 27.1 Å². The van der Waals surface area contributed by atoms with E-state index in [0.29, 0.717) is 29.6 Å². The van der Waals surface area contributed by atoms with Crippen molar-refractivity contribution < 1.29 is 26.8 Å². The van der Waals surface area contributed by atoms with E-state index in [-0.39, 0.29) is 31.3 Å². The smallest absolute Gasteiger partial charge is 0.264 e. The normalized spacial score (nSPS) is 33.5. The maximum Gasteiger partial charge on any atom is 0.264 e. The minimum absolute atomic E-state index is 0.235. The van der Waals surface area contributed by atoms with Crippen LogP contribution in [0.3, 0.4) is 0 Å². The Labute approximate surface area is 192 Å². The van der Waals surface area contributed by atoms with Crippen molar-refractivity contribution in [3.63, 3.8) is 0 Å². The minimum Gasteiger partial charge on any atom is -0.382 e. The predicted molar refractivity (Wildman–Crippen MR) is 117 cm³/mol. The van der Waals surface area contributed by atoms with Crippen LogP contribution >= 0.6 is 0 Å². The van der Waals surface area contributed by atoms with E-state index in [9.17, 15) is 8.42 Å². The third-order valence-electron chi connectivity index (χ3n) is 6.71. The van der Waals surface area contributed by atoms with Gasteiger partial charge in [0.15, 0.2) is 17.3 Å². The van der Waals surface area contributed by atoms with Crippen LogP contribution in [0.15, 0.2) is 12.7 Å². The molecule has 182 valence electrons. The van der Waals surface area contributed by atoms with E-state index in [1.54, 1.807) is 6.33 Å². The summed E-state index contributed by atoms with van der Waals surface area (Å²) in [6.07, 6.45) is 5.27. The molecule has 33 heavy (non-hydrogen) atoms. The van der Waals surface area contributed by atoms with Crippen LogP contribution in [0.1, 0.15) is 26.7 Å². The molecule has 3 atom stereocenters. The molecule has 5 rings (SSSR count). The van der Waals surface area contributed by atoms with E-state index in [4.69, 9.17) is 24.1 Å². The zero-order chi connectivity index (χ0) is 23.6. The van der Waals surface area contributed by atoms with Gasteiger partial charge in [0.05, 0.1) is 25.8 Å². The molecule has 3 fully saturated rings. The number of imidazole rings is 1.